The third-order valence-electron chi connectivity index (χ3n) is 4.71. The van der Waals surface area contributed by atoms with Crippen LogP contribution in [-0.2, 0) is 6.54 Å². The fourth-order valence-electron chi connectivity index (χ4n) is 3.30. The van der Waals surface area contributed by atoms with Crippen LogP contribution >= 0.6 is 0 Å². The highest BCUT2D eigenvalue weighted by molar-refractivity contribution is 5.43. The lowest BCUT2D eigenvalue weighted by Crippen LogP contribution is -2.36. The fraction of sp³-hybridized carbons (Fsp3) is 0.714. The Hall–Kier alpha value is -1.30. The monoisotopic (exact) mass is 364 g/mol. The summed E-state index contributed by atoms with van der Waals surface area (Å²) in [6.07, 6.45) is 4.59. The minimum Gasteiger partial charge on any atom is -0.493 e. The van der Waals surface area contributed by atoms with E-state index < -0.39 is 6.10 Å². The maximum absolute atomic E-state index is 10.3. The van der Waals surface area contributed by atoms with Crippen molar-refractivity contribution in [3.05, 3.63) is 23.8 Å². The number of hydrogen-bond acceptors (Lipinski definition) is 5. The lowest BCUT2D eigenvalue weighted by Gasteiger charge is -2.23. The molecule has 1 aliphatic heterocycles. The van der Waals surface area contributed by atoms with Gasteiger partial charge in [0, 0.05) is 13.1 Å². The van der Waals surface area contributed by atoms with Crippen LogP contribution in [-0.4, -0.2) is 56.0 Å². The van der Waals surface area contributed by atoms with Gasteiger partial charge in [-0.2, -0.15) is 0 Å². The number of aliphatic hydroxyl groups excluding tert-OH is 1. The Labute approximate surface area is 158 Å². The van der Waals surface area contributed by atoms with Crippen LogP contribution in [0.3, 0.4) is 0 Å². The summed E-state index contributed by atoms with van der Waals surface area (Å²) in [7, 11) is 1.65. The van der Waals surface area contributed by atoms with Gasteiger partial charge in [0.25, 0.3) is 0 Å². The van der Waals surface area contributed by atoms with E-state index in [1.165, 1.54) is 31.2 Å². The Kier molecular flexibility index (Phi) is 9.23. The molecular weight excluding hydrogens is 328 g/mol. The second-order valence-corrected chi connectivity index (χ2v) is 7.69. The molecule has 148 valence electrons. The second-order valence-electron chi connectivity index (χ2n) is 7.69. The normalized spacial score (nSPS) is 17.1. The molecule has 0 aliphatic carbocycles. The largest absolute Gasteiger partial charge is 0.493 e. The summed E-state index contributed by atoms with van der Waals surface area (Å²) in [6, 6.07) is 5.99. The van der Waals surface area contributed by atoms with Crippen LogP contribution in [0.25, 0.3) is 0 Å². The van der Waals surface area contributed by atoms with E-state index in [9.17, 15) is 5.11 Å². The first kappa shape index (κ1) is 21.0. The zero-order valence-electron chi connectivity index (χ0n) is 16.7. The fourth-order valence-corrected chi connectivity index (χ4v) is 3.30. The van der Waals surface area contributed by atoms with Crippen LogP contribution in [0.5, 0.6) is 11.5 Å². The van der Waals surface area contributed by atoms with Crippen LogP contribution in [0.15, 0.2) is 18.2 Å². The molecule has 1 aromatic carbocycles. The van der Waals surface area contributed by atoms with Crippen molar-refractivity contribution < 1.29 is 14.6 Å². The number of hydrogen-bond donors (Lipinski definition) is 2. The molecule has 5 nitrogen and oxygen atoms in total. The average Bonchev–Trinajstić information content (AvgIpc) is 2.88. The third-order valence-corrected chi connectivity index (χ3v) is 4.71. The summed E-state index contributed by atoms with van der Waals surface area (Å²) in [6.45, 7) is 9.33. The lowest BCUT2D eigenvalue weighted by molar-refractivity contribution is 0.0683. The lowest BCUT2D eigenvalue weighted by atomic mass is 10.2. The predicted octanol–water partition coefficient (Wildman–Crippen LogP) is 3.06. The summed E-state index contributed by atoms with van der Waals surface area (Å²) >= 11 is 0. The SMILES string of the molecule is COc1cc(CNCC(C)C)ccc1OCC(O)CN1CCCCCC1. The van der Waals surface area contributed by atoms with Gasteiger partial charge in [-0.1, -0.05) is 32.8 Å². The molecule has 2 rings (SSSR count). The van der Waals surface area contributed by atoms with Crippen molar-refractivity contribution in [1.29, 1.82) is 0 Å². The molecule has 2 N–H and O–H groups in total. The number of likely N-dealkylation sites (tertiary alicyclic amines) is 1. The van der Waals surface area contributed by atoms with Crippen molar-refractivity contribution in [3.8, 4) is 11.5 Å². The quantitative estimate of drug-likeness (QED) is 0.668. The number of nitrogens with one attached hydrogen (secondary N) is 1. The van der Waals surface area contributed by atoms with E-state index in [1.54, 1.807) is 7.11 Å². The van der Waals surface area contributed by atoms with E-state index in [4.69, 9.17) is 9.47 Å². The first-order valence-electron chi connectivity index (χ1n) is 9.99. The summed E-state index contributed by atoms with van der Waals surface area (Å²) in [5, 5.41) is 13.8. The molecule has 1 atom stereocenters. The predicted molar refractivity (Wildman–Crippen MR) is 106 cm³/mol. The van der Waals surface area contributed by atoms with Gasteiger partial charge in [-0.15, -0.1) is 0 Å². The average molecular weight is 365 g/mol. The Morgan fingerprint density at radius 1 is 1.12 bits per heavy atom. The zero-order valence-corrected chi connectivity index (χ0v) is 16.7. The van der Waals surface area contributed by atoms with E-state index in [0.29, 0.717) is 18.2 Å². The van der Waals surface area contributed by atoms with Crippen molar-refractivity contribution >= 4 is 0 Å². The van der Waals surface area contributed by atoms with Crippen molar-refractivity contribution in [2.75, 3.05) is 39.9 Å². The smallest absolute Gasteiger partial charge is 0.161 e. The number of rotatable bonds is 10. The highest BCUT2D eigenvalue weighted by Gasteiger charge is 2.15. The second kappa shape index (κ2) is 11.4. The molecule has 1 aliphatic rings. The van der Waals surface area contributed by atoms with Crippen LogP contribution in [0.4, 0.5) is 0 Å². The van der Waals surface area contributed by atoms with Gasteiger partial charge in [0.05, 0.1) is 7.11 Å². The van der Waals surface area contributed by atoms with Gasteiger partial charge >= 0.3 is 0 Å². The van der Waals surface area contributed by atoms with Gasteiger partial charge in [-0.25, -0.2) is 0 Å². The maximum Gasteiger partial charge on any atom is 0.161 e. The molecule has 1 unspecified atom stereocenters. The Balaban J connectivity index is 1.81. The highest BCUT2D eigenvalue weighted by atomic mass is 16.5. The Morgan fingerprint density at radius 2 is 1.85 bits per heavy atom. The standard InChI is InChI=1S/C21H36N2O3/c1-17(2)13-22-14-18-8-9-20(21(12-18)25-3)26-16-19(24)15-23-10-6-4-5-7-11-23/h8-9,12,17,19,22,24H,4-7,10-11,13-16H2,1-3H3. The van der Waals surface area contributed by atoms with Gasteiger partial charge < -0.3 is 24.8 Å². The molecule has 0 saturated carbocycles. The third kappa shape index (κ3) is 7.52. The zero-order chi connectivity index (χ0) is 18.8. The minimum atomic E-state index is -0.481. The number of ether oxygens (including phenoxy) is 2. The van der Waals surface area contributed by atoms with Crippen molar-refractivity contribution in [2.24, 2.45) is 5.92 Å². The highest BCUT2D eigenvalue weighted by Crippen LogP contribution is 2.28. The molecule has 1 aromatic rings. The Morgan fingerprint density at radius 3 is 2.50 bits per heavy atom. The topological polar surface area (TPSA) is 54.0 Å². The summed E-state index contributed by atoms with van der Waals surface area (Å²) in [5.74, 6) is 2.04. The number of aliphatic hydroxyl groups is 1. The summed E-state index contributed by atoms with van der Waals surface area (Å²) < 4.78 is 11.3. The number of methoxy groups -OCH3 is 1. The molecule has 1 fully saturated rings. The molecule has 0 radical (unpaired) electrons. The molecule has 26 heavy (non-hydrogen) atoms. The van der Waals surface area contributed by atoms with Gasteiger partial charge in [0.15, 0.2) is 11.5 Å². The van der Waals surface area contributed by atoms with E-state index in [1.807, 2.05) is 18.2 Å². The number of benzene rings is 1. The van der Waals surface area contributed by atoms with Gasteiger partial charge in [0.1, 0.15) is 12.7 Å². The van der Waals surface area contributed by atoms with E-state index in [-0.39, 0.29) is 6.61 Å². The van der Waals surface area contributed by atoms with Crippen LogP contribution in [0.2, 0.25) is 0 Å². The number of β-amino-alcohol motifs (C(OH)–C–C–N with tert-alkyl or cyclic N) is 1. The minimum absolute atomic E-state index is 0.289. The Bertz CT molecular complexity index is 514. The molecule has 0 amide bonds. The van der Waals surface area contributed by atoms with Crippen LogP contribution in [0, 0.1) is 5.92 Å². The first-order valence-corrected chi connectivity index (χ1v) is 9.99. The molecule has 5 heteroatoms. The van der Waals surface area contributed by atoms with Crippen molar-refractivity contribution in [3.63, 3.8) is 0 Å². The van der Waals surface area contributed by atoms with E-state index in [0.717, 1.165) is 31.9 Å². The van der Waals surface area contributed by atoms with Crippen LogP contribution < -0.4 is 14.8 Å². The molecule has 0 aromatic heterocycles. The van der Waals surface area contributed by atoms with Gasteiger partial charge in [0.2, 0.25) is 0 Å². The maximum atomic E-state index is 10.3. The van der Waals surface area contributed by atoms with Crippen molar-refractivity contribution in [1.82, 2.24) is 10.2 Å². The molecule has 1 heterocycles. The summed E-state index contributed by atoms with van der Waals surface area (Å²) in [4.78, 5) is 2.35. The number of nitrogens with zero attached hydrogens (tertiary/aromatic N) is 1. The van der Waals surface area contributed by atoms with E-state index >= 15 is 0 Å². The van der Waals surface area contributed by atoms with Gasteiger partial charge in [-0.3, -0.25) is 0 Å². The first-order chi connectivity index (χ1) is 12.6. The molecule has 0 bridgehead atoms. The summed E-state index contributed by atoms with van der Waals surface area (Å²) in [5.41, 5.74) is 1.17. The molecule has 0 spiro atoms. The molecule has 1 saturated heterocycles. The molecular formula is C21H36N2O3. The van der Waals surface area contributed by atoms with Gasteiger partial charge in [-0.05, 0) is 56.1 Å². The van der Waals surface area contributed by atoms with E-state index in [2.05, 4.69) is 24.1 Å². The van der Waals surface area contributed by atoms with Crippen molar-refractivity contribution in [2.45, 2.75) is 52.2 Å². The van der Waals surface area contributed by atoms with Crippen LogP contribution in [0.1, 0.15) is 45.1 Å².